The molecule has 1 fully saturated rings. The maximum absolute atomic E-state index is 13.0. The van der Waals surface area contributed by atoms with Crippen LogP contribution < -0.4 is 25.0 Å². The molecule has 2 aromatic carbocycles. The molecule has 2 atom stereocenters. The standard InChI is InChI=1S/C22H23N5O5/c1-2-30-16-6-3-14(4-7-16)17-10-18-22(29)26(23-12-27(18)25-17)11-21(28)24-15-5-8-19-20(9-15)32-13-31-19/h3-9,12,17-18,25H,2,10-11,13H2,1H3,(H,24,28). The predicted octanol–water partition coefficient (Wildman–Crippen LogP) is 1.86. The number of nitrogens with one attached hydrogen (secondary N) is 2. The third-order valence-electron chi connectivity index (χ3n) is 5.50. The van der Waals surface area contributed by atoms with E-state index >= 15 is 0 Å². The number of hydrogen-bond acceptors (Lipinski definition) is 8. The number of carbonyl (C=O) groups excluding carboxylic acids is 2. The molecule has 166 valence electrons. The van der Waals surface area contributed by atoms with E-state index in [0.29, 0.717) is 30.2 Å². The lowest BCUT2D eigenvalue weighted by atomic mass is 10.0. The topological polar surface area (TPSA) is 105 Å². The third kappa shape index (κ3) is 3.92. The molecule has 0 aromatic heterocycles. The van der Waals surface area contributed by atoms with Gasteiger partial charge < -0.3 is 19.5 Å². The molecule has 0 saturated carbocycles. The predicted molar refractivity (Wildman–Crippen MR) is 115 cm³/mol. The fourth-order valence-corrected chi connectivity index (χ4v) is 3.94. The molecular weight excluding hydrogens is 414 g/mol. The maximum atomic E-state index is 13.0. The third-order valence-corrected chi connectivity index (χ3v) is 5.50. The average molecular weight is 437 g/mol. The Kier molecular flexibility index (Phi) is 5.28. The van der Waals surface area contributed by atoms with Crippen molar-refractivity contribution in [1.29, 1.82) is 0 Å². The highest BCUT2D eigenvalue weighted by Crippen LogP contribution is 2.34. The first kappa shape index (κ1) is 20.1. The van der Waals surface area contributed by atoms with Crippen LogP contribution in [0.2, 0.25) is 0 Å². The Morgan fingerprint density at radius 3 is 2.84 bits per heavy atom. The number of benzene rings is 2. The normalized spacial score (nSPS) is 21.0. The quantitative estimate of drug-likeness (QED) is 0.711. The van der Waals surface area contributed by atoms with Gasteiger partial charge >= 0.3 is 0 Å². The molecule has 10 heteroatoms. The SMILES string of the molecule is CCOc1ccc(C2CC3C(=O)N(CC(=O)Nc4ccc5c(c4)OCO5)N=CN3N2)cc1. The van der Waals surface area contributed by atoms with Gasteiger partial charge in [-0.2, -0.15) is 5.10 Å². The molecule has 0 bridgehead atoms. The summed E-state index contributed by atoms with van der Waals surface area (Å²) in [5.41, 5.74) is 4.91. The van der Waals surface area contributed by atoms with Gasteiger partial charge in [0.25, 0.3) is 5.91 Å². The molecule has 10 nitrogen and oxygen atoms in total. The highest BCUT2D eigenvalue weighted by atomic mass is 16.7. The van der Waals surface area contributed by atoms with Crippen molar-refractivity contribution in [3.05, 3.63) is 48.0 Å². The molecule has 0 radical (unpaired) electrons. The Morgan fingerprint density at radius 1 is 1.22 bits per heavy atom. The van der Waals surface area contributed by atoms with Crippen molar-refractivity contribution in [2.24, 2.45) is 5.10 Å². The molecule has 2 amide bonds. The second kappa shape index (κ2) is 8.39. The lowest BCUT2D eigenvalue weighted by molar-refractivity contribution is -0.139. The van der Waals surface area contributed by atoms with Crippen molar-refractivity contribution >= 4 is 23.8 Å². The minimum atomic E-state index is -0.428. The van der Waals surface area contributed by atoms with Gasteiger partial charge in [0.05, 0.1) is 12.6 Å². The molecule has 3 aliphatic rings. The molecular formula is C22H23N5O5. The first-order valence-electron chi connectivity index (χ1n) is 10.4. The molecule has 1 saturated heterocycles. The number of rotatable bonds is 6. The molecule has 3 heterocycles. The number of carbonyl (C=O) groups is 2. The van der Waals surface area contributed by atoms with E-state index in [1.54, 1.807) is 29.5 Å². The number of anilines is 1. The zero-order valence-corrected chi connectivity index (χ0v) is 17.5. The first-order chi connectivity index (χ1) is 15.6. The summed E-state index contributed by atoms with van der Waals surface area (Å²) < 4.78 is 16.1. The summed E-state index contributed by atoms with van der Waals surface area (Å²) in [4.78, 5) is 25.5. The lowest BCUT2D eigenvalue weighted by Crippen LogP contribution is -2.52. The Labute approximate surface area is 184 Å². The molecule has 3 aliphatic heterocycles. The van der Waals surface area contributed by atoms with Crippen molar-refractivity contribution in [2.45, 2.75) is 25.4 Å². The Bertz CT molecular complexity index is 1060. The highest BCUT2D eigenvalue weighted by molar-refractivity contribution is 5.96. The molecule has 32 heavy (non-hydrogen) atoms. The minimum absolute atomic E-state index is 0.0338. The summed E-state index contributed by atoms with van der Waals surface area (Å²) in [7, 11) is 0. The van der Waals surface area contributed by atoms with E-state index in [1.807, 2.05) is 31.2 Å². The van der Waals surface area contributed by atoms with Crippen LogP contribution in [0.15, 0.2) is 47.6 Å². The van der Waals surface area contributed by atoms with E-state index in [1.165, 1.54) is 5.01 Å². The minimum Gasteiger partial charge on any atom is -0.494 e. The van der Waals surface area contributed by atoms with Gasteiger partial charge in [-0.3, -0.25) is 14.6 Å². The summed E-state index contributed by atoms with van der Waals surface area (Å²) >= 11 is 0. The van der Waals surface area contributed by atoms with Crippen LogP contribution in [0, 0.1) is 0 Å². The molecule has 0 aliphatic carbocycles. The Morgan fingerprint density at radius 2 is 2.03 bits per heavy atom. The number of amides is 2. The zero-order valence-electron chi connectivity index (χ0n) is 17.5. The first-order valence-corrected chi connectivity index (χ1v) is 10.4. The van der Waals surface area contributed by atoms with Crippen LogP contribution >= 0.6 is 0 Å². The van der Waals surface area contributed by atoms with Gasteiger partial charge in [0.2, 0.25) is 12.7 Å². The van der Waals surface area contributed by atoms with E-state index in [2.05, 4.69) is 15.8 Å². The van der Waals surface area contributed by atoms with Crippen LogP contribution in [0.5, 0.6) is 17.2 Å². The molecule has 2 aromatic rings. The number of hydrazone groups is 1. The van der Waals surface area contributed by atoms with Crippen molar-refractivity contribution in [2.75, 3.05) is 25.3 Å². The van der Waals surface area contributed by atoms with E-state index in [-0.39, 0.29) is 31.2 Å². The monoisotopic (exact) mass is 437 g/mol. The number of hydrogen-bond donors (Lipinski definition) is 2. The Balaban J connectivity index is 1.20. The second-order valence-corrected chi connectivity index (χ2v) is 7.59. The van der Waals surface area contributed by atoms with Gasteiger partial charge in [0.15, 0.2) is 11.5 Å². The van der Waals surface area contributed by atoms with Gasteiger partial charge in [-0.1, -0.05) is 12.1 Å². The maximum Gasteiger partial charge on any atom is 0.267 e. The van der Waals surface area contributed by atoms with Gasteiger partial charge in [-0.25, -0.2) is 10.4 Å². The van der Waals surface area contributed by atoms with Crippen LogP contribution in [-0.4, -0.2) is 54.2 Å². The van der Waals surface area contributed by atoms with Gasteiger partial charge in [-0.15, -0.1) is 0 Å². The van der Waals surface area contributed by atoms with E-state index < -0.39 is 6.04 Å². The van der Waals surface area contributed by atoms with Crippen molar-refractivity contribution in [1.82, 2.24) is 15.4 Å². The molecule has 5 rings (SSSR count). The number of hydrazine groups is 1. The van der Waals surface area contributed by atoms with E-state index in [0.717, 1.165) is 11.3 Å². The fraction of sp³-hybridized carbons (Fsp3) is 0.318. The van der Waals surface area contributed by atoms with Crippen LogP contribution in [0.4, 0.5) is 5.69 Å². The highest BCUT2D eigenvalue weighted by Gasteiger charge is 2.41. The summed E-state index contributed by atoms with van der Waals surface area (Å²) in [6, 6.07) is 12.5. The van der Waals surface area contributed by atoms with Crippen LogP contribution in [-0.2, 0) is 9.59 Å². The molecule has 2 N–H and O–H groups in total. The fourth-order valence-electron chi connectivity index (χ4n) is 3.94. The number of nitrogens with zero attached hydrogens (tertiary/aromatic N) is 3. The smallest absolute Gasteiger partial charge is 0.267 e. The summed E-state index contributed by atoms with van der Waals surface area (Å²) in [6.45, 7) is 2.53. The second-order valence-electron chi connectivity index (χ2n) is 7.59. The zero-order chi connectivity index (χ0) is 22.1. The summed E-state index contributed by atoms with van der Waals surface area (Å²) in [5.74, 6) is 1.44. The largest absolute Gasteiger partial charge is 0.494 e. The van der Waals surface area contributed by atoms with E-state index in [9.17, 15) is 9.59 Å². The lowest BCUT2D eigenvalue weighted by Gasteiger charge is -2.29. The van der Waals surface area contributed by atoms with E-state index in [4.69, 9.17) is 14.2 Å². The van der Waals surface area contributed by atoms with Gasteiger partial charge in [0.1, 0.15) is 24.7 Å². The number of fused-ring (bicyclic) bond motifs is 2. The van der Waals surface area contributed by atoms with Crippen molar-refractivity contribution < 1.29 is 23.8 Å². The van der Waals surface area contributed by atoms with Crippen molar-refractivity contribution in [3.63, 3.8) is 0 Å². The molecule has 2 unspecified atom stereocenters. The van der Waals surface area contributed by atoms with Crippen LogP contribution in [0.3, 0.4) is 0 Å². The average Bonchev–Trinajstić information content (AvgIpc) is 3.43. The van der Waals surface area contributed by atoms with Crippen LogP contribution in [0.25, 0.3) is 0 Å². The molecule has 0 spiro atoms. The Hall–Kier alpha value is -3.79. The van der Waals surface area contributed by atoms with Gasteiger partial charge in [0, 0.05) is 11.8 Å². The summed E-state index contributed by atoms with van der Waals surface area (Å²) in [6.07, 6.45) is 2.12. The van der Waals surface area contributed by atoms with Gasteiger partial charge in [-0.05, 0) is 43.2 Å². The summed E-state index contributed by atoms with van der Waals surface area (Å²) in [5, 5.41) is 9.83. The van der Waals surface area contributed by atoms with Crippen LogP contribution in [0.1, 0.15) is 24.9 Å². The number of ether oxygens (including phenoxy) is 3. The van der Waals surface area contributed by atoms with Crippen molar-refractivity contribution in [3.8, 4) is 17.2 Å².